The lowest BCUT2D eigenvalue weighted by Gasteiger charge is -2.34. The van der Waals surface area contributed by atoms with Crippen molar-refractivity contribution >= 4 is 0 Å². The Morgan fingerprint density at radius 1 is 1.18 bits per heavy atom. The second-order valence-electron chi connectivity index (χ2n) is 5.79. The molecule has 94 valence electrons. The van der Waals surface area contributed by atoms with Crippen LogP contribution in [0, 0.1) is 5.41 Å². The van der Waals surface area contributed by atoms with E-state index in [0.717, 1.165) is 12.1 Å². The third-order valence-corrected chi connectivity index (χ3v) is 3.69. The zero-order valence-corrected chi connectivity index (χ0v) is 10.9. The fourth-order valence-corrected chi connectivity index (χ4v) is 2.69. The molecule has 0 amide bonds. The van der Waals surface area contributed by atoms with Crippen molar-refractivity contribution in [1.29, 1.82) is 0 Å². The molecule has 1 unspecified atom stereocenters. The topological polar surface area (TPSA) is 23.5 Å². The number of aliphatic hydroxyl groups excluding tert-OH is 1. The van der Waals surface area contributed by atoms with Crippen LogP contribution in [0.5, 0.6) is 0 Å². The Balaban J connectivity index is 2.03. The van der Waals surface area contributed by atoms with E-state index < -0.39 is 0 Å². The Morgan fingerprint density at radius 2 is 1.76 bits per heavy atom. The molecule has 1 heterocycles. The van der Waals surface area contributed by atoms with E-state index in [1.54, 1.807) is 0 Å². The van der Waals surface area contributed by atoms with Crippen LogP contribution in [0.15, 0.2) is 30.3 Å². The van der Waals surface area contributed by atoms with Crippen molar-refractivity contribution in [1.82, 2.24) is 4.90 Å². The van der Waals surface area contributed by atoms with Gasteiger partial charge in [-0.25, -0.2) is 0 Å². The Morgan fingerprint density at radius 3 is 2.35 bits per heavy atom. The normalized spacial score (nSPS) is 19.5. The van der Waals surface area contributed by atoms with Gasteiger partial charge in [-0.3, -0.25) is 0 Å². The van der Waals surface area contributed by atoms with E-state index in [0.29, 0.717) is 0 Å². The van der Waals surface area contributed by atoms with Crippen LogP contribution >= 0.6 is 0 Å². The first-order valence-corrected chi connectivity index (χ1v) is 6.55. The Labute approximate surface area is 104 Å². The number of hydrogen-bond donors (Lipinski definition) is 1. The quantitative estimate of drug-likeness (QED) is 0.864. The Kier molecular flexibility index (Phi) is 3.85. The molecule has 1 aromatic rings. The van der Waals surface area contributed by atoms with Crippen LogP contribution < -0.4 is 0 Å². The molecule has 0 bridgehead atoms. The summed E-state index contributed by atoms with van der Waals surface area (Å²) in [6.07, 6.45) is 2.22. The molecule has 2 rings (SSSR count). The summed E-state index contributed by atoms with van der Waals surface area (Å²) in [4.78, 5) is 2.46. The van der Waals surface area contributed by atoms with Crippen LogP contribution in [0.3, 0.4) is 0 Å². The average molecular weight is 233 g/mol. The molecule has 1 atom stereocenters. The van der Waals surface area contributed by atoms with E-state index >= 15 is 0 Å². The van der Waals surface area contributed by atoms with E-state index in [2.05, 4.69) is 18.7 Å². The van der Waals surface area contributed by atoms with Gasteiger partial charge in [-0.15, -0.1) is 0 Å². The SMILES string of the molecule is CC(C)(CN1CCCC1)C(O)c1ccccc1. The number of likely N-dealkylation sites (tertiary alicyclic amines) is 1. The number of benzene rings is 1. The van der Waals surface area contributed by atoms with Gasteiger partial charge < -0.3 is 10.0 Å². The van der Waals surface area contributed by atoms with E-state index in [-0.39, 0.29) is 11.5 Å². The fourth-order valence-electron chi connectivity index (χ4n) is 2.69. The van der Waals surface area contributed by atoms with E-state index in [9.17, 15) is 5.11 Å². The number of nitrogens with zero attached hydrogens (tertiary/aromatic N) is 1. The van der Waals surface area contributed by atoms with Gasteiger partial charge in [0, 0.05) is 12.0 Å². The summed E-state index contributed by atoms with van der Waals surface area (Å²) in [5.41, 5.74) is 0.933. The van der Waals surface area contributed by atoms with Crippen LogP contribution in [-0.4, -0.2) is 29.6 Å². The first-order valence-electron chi connectivity index (χ1n) is 6.55. The minimum Gasteiger partial charge on any atom is -0.388 e. The molecule has 1 aliphatic rings. The highest BCUT2D eigenvalue weighted by Crippen LogP contribution is 2.34. The maximum Gasteiger partial charge on any atom is 0.0853 e. The first-order chi connectivity index (χ1) is 8.09. The molecular weight excluding hydrogens is 210 g/mol. The van der Waals surface area contributed by atoms with Gasteiger partial charge in [-0.2, -0.15) is 0 Å². The molecule has 0 aromatic heterocycles. The molecule has 1 fully saturated rings. The predicted octanol–water partition coefficient (Wildman–Crippen LogP) is 2.84. The third kappa shape index (κ3) is 3.08. The maximum absolute atomic E-state index is 10.5. The molecular formula is C15H23NO. The van der Waals surface area contributed by atoms with E-state index in [1.165, 1.54) is 25.9 Å². The van der Waals surface area contributed by atoms with Gasteiger partial charge in [0.05, 0.1) is 6.10 Å². The van der Waals surface area contributed by atoms with Gasteiger partial charge in [-0.05, 0) is 31.5 Å². The molecule has 1 saturated heterocycles. The summed E-state index contributed by atoms with van der Waals surface area (Å²) in [7, 11) is 0. The lowest BCUT2D eigenvalue weighted by molar-refractivity contribution is 0.0254. The van der Waals surface area contributed by atoms with Gasteiger partial charge in [0.2, 0.25) is 0 Å². The fraction of sp³-hybridized carbons (Fsp3) is 0.600. The number of hydrogen-bond acceptors (Lipinski definition) is 2. The summed E-state index contributed by atoms with van der Waals surface area (Å²) in [5.74, 6) is 0. The van der Waals surface area contributed by atoms with E-state index in [1.807, 2.05) is 30.3 Å². The molecule has 2 heteroatoms. The van der Waals surface area contributed by atoms with Gasteiger partial charge in [0.1, 0.15) is 0 Å². The first kappa shape index (κ1) is 12.6. The Hall–Kier alpha value is -0.860. The summed E-state index contributed by atoms with van der Waals surface area (Å²) < 4.78 is 0. The lowest BCUT2D eigenvalue weighted by Crippen LogP contribution is -2.36. The zero-order chi connectivity index (χ0) is 12.3. The van der Waals surface area contributed by atoms with Crippen molar-refractivity contribution in [2.24, 2.45) is 5.41 Å². The van der Waals surface area contributed by atoms with Gasteiger partial charge in [0.25, 0.3) is 0 Å². The summed E-state index contributed by atoms with van der Waals surface area (Å²) in [5, 5.41) is 10.5. The standard InChI is InChI=1S/C15H23NO/c1-15(2,12-16-10-6-7-11-16)14(17)13-8-4-3-5-9-13/h3-5,8-9,14,17H,6-7,10-12H2,1-2H3. The molecule has 0 saturated carbocycles. The molecule has 1 N–H and O–H groups in total. The maximum atomic E-state index is 10.5. The highest BCUT2D eigenvalue weighted by Gasteiger charge is 2.31. The number of aliphatic hydroxyl groups is 1. The average Bonchev–Trinajstić information content (AvgIpc) is 2.81. The minimum atomic E-state index is -0.385. The highest BCUT2D eigenvalue weighted by atomic mass is 16.3. The van der Waals surface area contributed by atoms with Gasteiger partial charge in [0.15, 0.2) is 0 Å². The zero-order valence-electron chi connectivity index (χ0n) is 10.9. The molecule has 0 spiro atoms. The van der Waals surface area contributed by atoms with Crippen LogP contribution in [0.1, 0.15) is 38.4 Å². The van der Waals surface area contributed by atoms with Crippen molar-refractivity contribution < 1.29 is 5.11 Å². The van der Waals surface area contributed by atoms with Crippen LogP contribution in [0.25, 0.3) is 0 Å². The van der Waals surface area contributed by atoms with Crippen LogP contribution in [0.4, 0.5) is 0 Å². The van der Waals surface area contributed by atoms with Crippen molar-refractivity contribution in [2.45, 2.75) is 32.8 Å². The molecule has 0 aliphatic carbocycles. The van der Waals surface area contributed by atoms with Crippen molar-refractivity contribution in [2.75, 3.05) is 19.6 Å². The monoisotopic (exact) mass is 233 g/mol. The van der Waals surface area contributed by atoms with E-state index in [4.69, 9.17) is 0 Å². The molecule has 17 heavy (non-hydrogen) atoms. The largest absolute Gasteiger partial charge is 0.388 e. The van der Waals surface area contributed by atoms with Crippen molar-refractivity contribution in [3.63, 3.8) is 0 Å². The second kappa shape index (κ2) is 5.19. The van der Waals surface area contributed by atoms with Crippen molar-refractivity contribution in [3.05, 3.63) is 35.9 Å². The third-order valence-electron chi connectivity index (χ3n) is 3.69. The lowest BCUT2D eigenvalue weighted by atomic mass is 9.82. The van der Waals surface area contributed by atoms with Crippen molar-refractivity contribution in [3.8, 4) is 0 Å². The smallest absolute Gasteiger partial charge is 0.0853 e. The molecule has 2 nitrogen and oxygen atoms in total. The number of rotatable bonds is 4. The summed E-state index contributed by atoms with van der Waals surface area (Å²) in [6, 6.07) is 9.99. The molecule has 0 radical (unpaired) electrons. The minimum absolute atomic E-state index is 0.0916. The second-order valence-corrected chi connectivity index (χ2v) is 5.79. The predicted molar refractivity (Wildman–Crippen MR) is 70.9 cm³/mol. The van der Waals surface area contributed by atoms with Gasteiger partial charge >= 0.3 is 0 Å². The highest BCUT2D eigenvalue weighted by molar-refractivity contribution is 5.19. The van der Waals surface area contributed by atoms with Crippen LogP contribution in [-0.2, 0) is 0 Å². The van der Waals surface area contributed by atoms with Gasteiger partial charge in [-0.1, -0.05) is 44.2 Å². The molecule has 1 aromatic carbocycles. The van der Waals surface area contributed by atoms with Crippen LogP contribution in [0.2, 0.25) is 0 Å². The molecule has 1 aliphatic heterocycles. The Bertz CT molecular complexity index is 341. The summed E-state index contributed by atoms with van der Waals surface area (Å²) >= 11 is 0. The summed E-state index contributed by atoms with van der Waals surface area (Å²) in [6.45, 7) is 7.66.